The van der Waals surface area contributed by atoms with Crippen LogP contribution in [0.4, 0.5) is 11.5 Å². The number of hydrogen-bond acceptors (Lipinski definition) is 3. The van der Waals surface area contributed by atoms with Gasteiger partial charge in [0.1, 0.15) is 11.2 Å². The third kappa shape index (κ3) is 2.52. The molecule has 2 aliphatic heterocycles. The lowest BCUT2D eigenvalue weighted by atomic mass is 9.72. The van der Waals surface area contributed by atoms with E-state index in [0.29, 0.717) is 33.7 Å². The Balaban J connectivity index is 1.67. The maximum absolute atomic E-state index is 13.4. The largest absolute Gasteiger partial charge is 0.313 e. The van der Waals surface area contributed by atoms with Crippen LogP contribution in [0.5, 0.6) is 0 Å². The lowest BCUT2D eigenvalue weighted by Crippen LogP contribution is -2.45. The summed E-state index contributed by atoms with van der Waals surface area (Å²) in [5.74, 6) is 0.124. The van der Waals surface area contributed by atoms with Crippen molar-refractivity contribution in [2.75, 3.05) is 17.3 Å². The van der Waals surface area contributed by atoms with Crippen LogP contribution >= 0.6 is 23.2 Å². The Morgan fingerprint density at radius 3 is 2.62 bits per heavy atom. The number of benzene rings is 2. The van der Waals surface area contributed by atoms with E-state index in [4.69, 9.17) is 23.2 Å². The van der Waals surface area contributed by atoms with Gasteiger partial charge in [-0.1, -0.05) is 47.5 Å². The summed E-state index contributed by atoms with van der Waals surface area (Å²) in [7, 11) is 1.69. The molecule has 1 aromatic heterocycles. The van der Waals surface area contributed by atoms with Crippen molar-refractivity contribution in [3.8, 4) is 0 Å². The minimum absolute atomic E-state index is 0.0170. The van der Waals surface area contributed by atoms with Crippen molar-refractivity contribution in [1.29, 1.82) is 0 Å². The molecular formula is C21H16Cl2N4O2. The third-order valence-corrected chi connectivity index (χ3v) is 6.24. The number of anilines is 2. The SMILES string of the molecule is CN1C(=O)C2(CC(=O)Nc3c2cnn3Cc2ccc(Cl)cc2)c2cccc(Cl)c21. The van der Waals surface area contributed by atoms with Crippen LogP contribution in [0.3, 0.4) is 0 Å². The molecule has 1 atom stereocenters. The van der Waals surface area contributed by atoms with Gasteiger partial charge >= 0.3 is 0 Å². The number of fused-ring (bicyclic) bond motifs is 4. The first-order valence-corrected chi connectivity index (χ1v) is 9.85. The number of amides is 2. The molecule has 3 heterocycles. The lowest BCUT2D eigenvalue weighted by Gasteiger charge is -2.32. The second-order valence-corrected chi connectivity index (χ2v) is 8.17. The van der Waals surface area contributed by atoms with E-state index in [1.165, 1.54) is 4.90 Å². The zero-order valence-corrected chi connectivity index (χ0v) is 17.0. The first kappa shape index (κ1) is 18.2. The molecule has 2 aliphatic rings. The highest BCUT2D eigenvalue weighted by Gasteiger charge is 2.56. The van der Waals surface area contributed by atoms with E-state index in [-0.39, 0.29) is 18.2 Å². The number of carbonyl (C=O) groups excluding carboxylic acids is 2. The fraction of sp³-hybridized carbons (Fsp3) is 0.190. The quantitative estimate of drug-likeness (QED) is 0.676. The van der Waals surface area contributed by atoms with Gasteiger partial charge in [-0.2, -0.15) is 5.10 Å². The molecule has 2 aromatic carbocycles. The molecule has 2 amide bonds. The molecule has 8 heteroatoms. The number of rotatable bonds is 2. The monoisotopic (exact) mass is 426 g/mol. The number of carbonyl (C=O) groups is 2. The molecular weight excluding hydrogens is 411 g/mol. The second kappa shape index (κ2) is 6.34. The molecule has 0 aliphatic carbocycles. The summed E-state index contributed by atoms with van der Waals surface area (Å²) in [5.41, 5.74) is 1.92. The summed E-state index contributed by atoms with van der Waals surface area (Å²) in [6.45, 7) is 0.440. The topological polar surface area (TPSA) is 67.2 Å². The van der Waals surface area contributed by atoms with E-state index < -0.39 is 5.41 Å². The van der Waals surface area contributed by atoms with Crippen molar-refractivity contribution in [2.45, 2.75) is 18.4 Å². The van der Waals surface area contributed by atoms with Crippen molar-refractivity contribution in [3.05, 3.63) is 75.4 Å². The predicted molar refractivity (Wildman–Crippen MR) is 112 cm³/mol. The smallest absolute Gasteiger partial charge is 0.242 e. The van der Waals surface area contributed by atoms with Gasteiger partial charge in [-0.15, -0.1) is 0 Å². The molecule has 3 aromatic rings. The van der Waals surface area contributed by atoms with Crippen molar-refractivity contribution in [2.24, 2.45) is 0 Å². The zero-order valence-electron chi connectivity index (χ0n) is 15.4. The molecule has 1 spiro atoms. The standard InChI is InChI=1S/C21H16Cl2N4O2/c1-26-18-14(3-2-4-16(18)23)21(20(26)29)9-17(28)25-19-15(21)10-24-27(19)11-12-5-7-13(22)8-6-12/h2-8,10H,9,11H2,1H3,(H,25,28). The van der Waals surface area contributed by atoms with Gasteiger partial charge < -0.3 is 10.2 Å². The van der Waals surface area contributed by atoms with E-state index >= 15 is 0 Å². The Kier molecular flexibility index (Phi) is 3.98. The van der Waals surface area contributed by atoms with E-state index in [1.807, 2.05) is 18.2 Å². The Labute approximate surface area is 177 Å². The van der Waals surface area contributed by atoms with Gasteiger partial charge in [-0.3, -0.25) is 9.59 Å². The fourth-order valence-electron chi connectivity index (χ4n) is 4.36. The van der Waals surface area contributed by atoms with Gasteiger partial charge in [0.05, 0.1) is 23.5 Å². The average Bonchev–Trinajstić information content (AvgIpc) is 3.18. The van der Waals surface area contributed by atoms with Gasteiger partial charge in [-0.25, -0.2) is 4.68 Å². The number of hydrogen-bond donors (Lipinski definition) is 1. The minimum atomic E-state index is -1.12. The van der Waals surface area contributed by atoms with Crippen LogP contribution in [-0.2, 0) is 21.5 Å². The summed E-state index contributed by atoms with van der Waals surface area (Å²) < 4.78 is 1.70. The Morgan fingerprint density at radius 1 is 1.10 bits per heavy atom. The van der Waals surface area contributed by atoms with E-state index in [2.05, 4.69) is 10.4 Å². The van der Waals surface area contributed by atoms with Gasteiger partial charge in [0, 0.05) is 24.1 Å². The summed E-state index contributed by atoms with van der Waals surface area (Å²) in [6, 6.07) is 12.8. The number of nitrogens with one attached hydrogen (secondary N) is 1. The van der Waals surface area contributed by atoms with Crippen LogP contribution in [0.25, 0.3) is 0 Å². The fourth-order valence-corrected chi connectivity index (χ4v) is 4.79. The molecule has 0 fully saturated rings. The van der Waals surface area contributed by atoms with E-state index in [1.54, 1.807) is 42.2 Å². The number of halogens is 2. The van der Waals surface area contributed by atoms with E-state index in [0.717, 1.165) is 11.1 Å². The lowest BCUT2D eigenvalue weighted by molar-refractivity contribution is -0.126. The third-order valence-electron chi connectivity index (χ3n) is 5.68. The summed E-state index contributed by atoms with van der Waals surface area (Å²) in [6.07, 6.45) is 1.69. The van der Waals surface area contributed by atoms with Crippen LogP contribution in [0, 0.1) is 0 Å². The maximum Gasteiger partial charge on any atom is 0.242 e. The Bertz CT molecular complexity index is 1170. The maximum atomic E-state index is 13.4. The van der Waals surface area contributed by atoms with E-state index in [9.17, 15) is 9.59 Å². The van der Waals surface area contributed by atoms with Crippen molar-refractivity contribution < 1.29 is 9.59 Å². The van der Waals surface area contributed by atoms with Crippen molar-refractivity contribution >= 4 is 46.5 Å². The predicted octanol–water partition coefficient (Wildman–Crippen LogP) is 3.84. The van der Waals surface area contributed by atoms with Crippen LogP contribution in [0.15, 0.2) is 48.7 Å². The number of aromatic nitrogens is 2. The molecule has 29 heavy (non-hydrogen) atoms. The Hall–Kier alpha value is -2.83. The number of para-hydroxylation sites is 1. The van der Waals surface area contributed by atoms with Crippen LogP contribution in [-0.4, -0.2) is 28.6 Å². The van der Waals surface area contributed by atoms with Gasteiger partial charge in [0.25, 0.3) is 0 Å². The molecule has 6 nitrogen and oxygen atoms in total. The van der Waals surface area contributed by atoms with Gasteiger partial charge in [-0.05, 0) is 29.3 Å². The normalized spacial score (nSPS) is 20.0. The zero-order chi connectivity index (χ0) is 20.3. The Morgan fingerprint density at radius 2 is 1.86 bits per heavy atom. The molecule has 0 bridgehead atoms. The van der Waals surface area contributed by atoms with Crippen molar-refractivity contribution in [1.82, 2.24) is 9.78 Å². The van der Waals surface area contributed by atoms with Crippen LogP contribution in [0.1, 0.15) is 23.1 Å². The molecule has 146 valence electrons. The number of nitrogens with zero attached hydrogens (tertiary/aromatic N) is 3. The first-order valence-electron chi connectivity index (χ1n) is 9.09. The molecule has 0 saturated heterocycles. The van der Waals surface area contributed by atoms with Crippen LogP contribution in [0.2, 0.25) is 10.0 Å². The summed E-state index contributed by atoms with van der Waals surface area (Å²) in [4.78, 5) is 27.7. The van der Waals surface area contributed by atoms with Crippen LogP contribution < -0.4 is 10.2 Å². The van der Waals surface area contributed by atoms with Crippen molar-refractivity contribution in [3.63, 3.8) is 0 Å². The summed E-state index contributed by atoms with van der Waals surface area (Å²) in [5, 5.41) is 8.53. The molecule has 0 saturated carbocycles. The molecule has 0 radical (unpaired) electrons. The minimum Gasteiger partial charge on any atom is -0.313 e. The molecule has 5 rings (SSSR count). The highest BCUT2D eigenvalue weighted by Crippen LogP contribution is 2.53. The van der Waals surface area contributed by atoms with Gasteiger partial charge in [0.15, 0.2) is 0 Å². The second-order valence-electron chi connectivity index (χ2n) is 7.32. The van der Waals surface area contributed by atoms with Gasteiger partial charge in [0.2, 0.25) is 11.8 Å². The molecule has 1 N–H and O–H groups in total. The highest BCUT2D eigenvalue weighted by atomic mass is 35.5. The molecule has 1 unspecified atom stereocenters. The average molecular weight is 427 g/mol. The first-order chi connectivity index (χ1) is 13.9. The number of likely N-dealkylation sites (N-methyl/N-ethyl adjacent to an activating group) is 1. The summed E-state index contributed by atoms with van der Waals surface area (Å²) >= 11 is 12.4. The highest BCUT2D eigenvalue weighted by molar-refractivity contribution is 6.35.